The Hall–Kier alpha value is -2.69. The summed E-state index contributed by atoms with van der Waals surface area (Å²) in [5.41, 5.74) is 1.15. The second-order valence-electron chi connectivity index (χ2n) is 4.91. The SMILES string of the molecule is CC(NC(=O)c1ccccc1)C(=O)NCc1cccc(F)c1. The molecule has 0 fully saturated rings. The molecule has 1 atom stereocenters. The fourth-order valence-electron chi connectivity index (χ4n) is 1.92. The van der Waals surface area contributed by atoms with Gasteiger partial charge in [-0.15, -0.1) is 0 Å². The van der Waals surface area contributed by atoms with E-state index in [1.54, 1.807) is 43.3 Å². The van der Waals surface area contributed by atoms with Crippen LogP contribution in [0.4, 0.5) is 4.39 Å². The first-order valence-corrected chi connectivity index (χ1v) is 6.94. The summed E-state index contributed by atoms with van der Waals surface area (Å²) in [5.74, 6) is -0.986. The van der Waals surface area contributed by atoms with Crippen LogP contribution < -0.4 is 10.6 Å². The number of benzene rings is 2. The first-order valence-electron chi connectivity index (χ1n) is 6.94. The third kappa shape index (κ3) is 4.41. The molecule has 2 aromatic carbocycles. The molecular weight excluding hydrogens is 283 g/mol. The Bertz CT molecular complexity index is 659. The topological polar surface area (TPSA) is 58.2 Å². The Balaban J connectivity index is 1.86. The van der Waals surface area contributed by atoms with Crippen LogP contribution in [0, 0.1) is 5.82 Å². The molecule has 0 aliphatic carbocycles. The van der Waals surface area contributed by atoms with E-state index >= 15 is 0 Å². The fraction of sp³-hybridized carbons (Fsp3) is 0.176. The van der Waals surface area contributed by atoms with E-state index in [-0.39, 0.29) is 24.2 Å². The maximum atomic E-state index is 13.0. The zero-order valence-electron chi connectivity index (χ0n) is 12.2. The Morgan fingerprint density at radius 2 is 1.82 bits per heavy atom. The molecule has 0 saturated carbocycles. The van der Waals surface area contributed by atoms with Crippen molar-refractivity contribution in [3.05, 3.63) is 71.5 Å². The molecule has 0 saturated heterocycles. The number of rotatable bonds is 5. The van der Waals surface area contributed by atoms with Crippen molar-refractivity contribution in [3.63, 3.8) is 0 Å². The van der Waals surface area contributed by atoms with Crippen LogP contribution in [0.15, 0.2) is 54.6 Å². The Labute approximate surface area is 128 Å². The van der Waals surface area contributed by atoms with Gasteiger partial charge < -0.3 is 10.6 Å². The van der Waals surface area contributed by atoms with Crippen molar-refractivity contribution in [2.24, 2.45) is 0 Å². The predicted molar refractivity (Wildman–Crippen MR) is 81.6 cm³/mol. The molecule has 0 aliphatic heterocycles. The standard InChI is InChI=1S/C17H17FN2O2/c1-12(20-17(22)14-7-3-2-4-8-14)16(21)19-11-13-6-5-9-15(18)10-13/h2-10,12H,11H2,1H3,(H,19,21)(H,20,22). The summed E-state index contributed by atoms with van der Waals surface area (Å²) in [4.78, 5) is 23.9. The van der Waals surface area contributed by atoms with Crippen LogP contribution in [-0.4, -0.2) is 17.9 Å². The average molecular weight is 300 g/mol. The van der Waals surface area contributed by atoms with Gasteiger partial charge in [0.15, 0.2) is 0 Å². The minimum Gasteiger partial charge on any atom is -0.350 e. The van der Waals surface area contributed by atoms with Gasteiger partial charge in [-0.25, -0.2) is 4.39 Å². The second-order valence-corrected chi connectivity index (χ2v) is 4.91. The van der Waals surface area contributed by atoms with Crippen LogP contribution in [0.1, 0.15) is 22.8 Å². The van der Waals surface area contributed by atoms with Crippen LogP contribution >= 0.6 is 0 Å². The highest BCUT2D eigenvalue weighted by molar-refractivity contribution is 5.97. The van der Waals surface area contributed by atoms with E-state index < -0.39 is 6.04 Å². The summed E-state index contributed by atoms with van der Waals surface area (Å²) in [6.45, 7) is 1.81. The normalized spacial score (nSPS) is 11.5. The lowest BCUT2D eigenvalue weighted by Gasteiger charge is -2.14. The van der Waals surface area contributed by atoms with Gasteiger partial charge >= 0.3 is 0 Å². The number of hydrogen-bond acceptors (Lipinski definition) is 2. The molecule has 1 unspecified atom stereocenters. The molecule has 4 nitrogen and oxygen atoms in total. The maximum Gasteiger partial charge on any atom is 0.251 e. The zero-order chi connectivity index (χ0) is 15.9. The monoisotopic (exact) mass is 300 g/mol. The van der Waals surface area contributed by atoms with E-state index in [4.69, 9.17) is 0 Å². The van der Waals surface area contributed by atoms with Crippen molar-refractivity contribution in [3.8, 4) is 0 Å². The van der Waals surface area contributed by atoms with E-state index in [2.05, 4.69) is 10.6 Å². The molecule has 0 aliphatic rings. The lowest BCUT2D eigenvalue weighted by Crippen LogP contribution is -2.44. The van der Waals surface area contributed by atoms with Gasteiger partial charge in [-0.3, -0.25) is 9.59 Å². The fourth-order valence-corrected chi connectivity index (χ4v) is 1.92. The minimum absolute atomic E-state index is 0.210. The van der Waals surface area contributed by atoms with Crippen LogP contribution in [0.5, 0.6) is 0 Å². The first kappa shape index (κ1) is 15.7. The van der Waals surface area contributed by atoms with Crippen molar-refractivity contribution < 1.29 is 14.0 Å². The molecule has 0 heterocycles. The number of carbonyl (C=O) groups excluding carboxylic acids is 2. The third-order valence-electron chi connectivity index (χ3n) is 3.13. The van der Waals surface area contributed by atoms with Gasteiger partial charge in [-0.1, -0.05) is 30.3 Å². The third-order valence-corrected chi connectivity index (χ3v) is 3.13. The largest absolute Gasteiger partial charge is 0.350 e. The van der Waals surface area contributed by atoms with Crippen LogP contribution in [0.25, 0.3) is 0 Å². The first-order chi connectivity index (χ1) is 10.6. The van der Waals surface area contributed by atoms with Crippen molar-refractivity contribution in [1.82, 2.24) is 10.6 Å². The Morgan fingerprint density at radius 1 is 1.09 bits per heavy atom. The van der Waals surface area contributed by atoms with Crippen LogP contribution in [0.2, 0.25) is 0 Å². The molecule has 0 spiro atoms. The van der Waals surface area contributed by atoms with Crippen molar-refractivity contribution in [2.75, 3.05) is 0 Å². The number of halogens is 1. The number of amides is 2. The molecule has 2 amide bonds. The summed E-state index contributed by atoms with van der Waals surface area (Å²) in [6.07, 6.45) is 0. The highest BCUT2D eigenvalue weighted by Gasteiger charge is 2.16. The molecule has 2 N–H and O–H groups in total. The second kappa shape index (κ2) is 7.36. The minimum atomic E-state index is -0.679. The predicted octanol–water partition coefficient (Wildman–Crippen LogP) is 2.26. The average Bonchev–Trinajstić information content (AvgIpc) is 2.53. The molecule has 0 bridgehead atoms. The highest BCUT2D eigenvalue weighted by atomic mass is 19.1. The van der Waals surface area contributed by atoms with Crippen molar-refractivity contribution >= 4 is 11.8 Å². The molecular formula is C17H17FN2O2. The van der Waals surface area contributed by atoms with E-state index in [9.17, 15) is 14.0 Å². The van der Waals surface area contributed by atoms with Gasteiger partial charge in [0, 0.05) is 12.1 Å². The maximum absolute atomic E-state index is 13.0. The summed E-state index contributed by atoms with van der Waals surface area (Å²) in [7, 11) is 0. The summed E-state index contributed by atoms with van der Waals surface area (Å²) in [6, 6.07) is 14.0. The molecule has 2 aromatic rings. The lowest BCUT2D eigenvalue weighted by atomic mass is 10.2. The molecule has 114 valence electrons. The van der Waals surface area contributed by atoms with E-state index in [1.807, 2.05) is 6.07 Å². The van der Waals surface area contributed by atoms with Gasteiger partial charge in [0.05, 0.1) is 0 Å². The quantitative estimate of drug-likeness (QED) is 0.890. The van der Waals surface area contributed by atoms with E-state index in [1.165, 1.54) is 12.1 Å². The molecule has 0 aromatic heterocycles. The van der Waals surface area contributed by atoms with Gasteiger partial charge in [-0.2, -0.15) is 0 Å². The molecule has 2 rings (SSSR count). The smallest absolute Gasteiger partial charge is 0.251 e. The number of hydrogen-bond donors (Lipinski definition) is 2. The van der Waals surface area contributed by atoms with Gasteiger partial charge in [0.2, 0.25) is 5.91 Å². The summed E-state index contributed by atoms with van der Waals surface area (Å²) < 4.78 is 13.0. The summed E-state index contributed by atoms with van der Waals surface area (Å²) in [5, 5.41) is 5.28. The molecule has 22 heavy (non-hydrogen) atoms. The molecule has 0 radical (unpaired) electrons. The van der Waals surface area contributed by atoms with Crippen LogP contribution in [0.3, 0.4) is 0 Å². The number of carbonyl (C=O) groups is 2. The lowest BCUT2D eigenvalue weighted by molar-refractivity contribution is -0.122. The van der Waals surface area contributed by atoms with Crippen molar-refractivity contribution in [2.45, 2.75) is 19.5 Å². The van der Waals surface area contributed by atoms with Crippen molar-refractivity contribution in [1.29, 1.82) is 0 Å². The Kier molecular flexibility index (Phi) is 5.25. The van der Waals surface area contributed by atoms with Gasteiger partial charge in [0.1, 0.15) is 11.9 Å². The van der Waals surface area contributed by atoms with Crippen LogP contribution in [-0.2, 0) is 11.3 Å². The summed E-state index contributed by atoms with van der Waals surface area (Å²) >= 11 is 0. The highest BCUT2D eigenvalue weighted by Crippen LogP contribution is 2.03. The zero-order valence-corrected chi connectivity index (χ0v) is 12.2. The van der Waals surface area contributed by atoms with Gasteiger partial charge in [-0.05, 0) is 36.8 Å². The van der Waals surface area contributed by atoms with E-state index in [0.717, 1.165) is 0 Å². The molecule has 5 heteroatoms. The van der Waals surface area contributed by atoms with Gasteiger partial charge in [0.25, 0.3) is 5.91 Å². The van der Waals surface area contributed by atoms with E-state index in [0.29, 0.717) is 11.1 Å². The Morgan fingerprint density at radius 3 is 2.50 bits per heavy atom. The number of nitrogens with one attached hydrogen (secondary N) is 2.